The highest BCUT2D eigenvalue weighted by atomic mass is 79.9. The van der Waals surface area contributed by atoms with Crippen molar-refractivity contribution in [3.05, 3.63) is 27.7 Å². The Morgan fingerprint density at radius 2 is 2.17 bits per heavy atom. The topological polar surface area (TPSA) is 107 Å². The maximum absolute atomic E-state index is 11.9. The van der Waals surface area contributed by atoms with E-state index in [0.29, 0.717) is 5.56 Å². The minimum Gasteiger partial charge on any atom is -0.478 e. The second kappa shape index (κ2) is 5.48. The summed E-state index contributed by atoms with van der Waals surface area (Å²) >= 11 is 3.10. The number of nitrogens with zero attached hydrogens (tertiary/aromatic N) is 1. The summed E-state index contributed by atoms with van der Waals surface area (Å²) in [7, 11) is -3.91. The Labute approximate surface area is 112 Å². The molecule has 6 nitrogen and oxygen atoms in total. The van der Waals surface area contributed by atoms with Crippen LogP contribution in [-0.4, -0.2) is 26.0 Å². The monoisotopic (exact) mass is 332 g/mol. The summed E-state index contributed by atoms with van der Waals surface area (Å²) < 4.78 is 26.0. The van der Waals surface area contributed by atoms with Crippen molar-refractivity contribution < 1.29 is 18.3 Å². The fourth-order valence-electron chi connectivity index (χ4n) is 1.26. The number of hydrogen-bond donors (Lipinski definition) is 2. The van der Waals surface area contributed by atoms with E-state index in [0.717, 1.165) is 6.07 Å². The maximum Gasteiger partial charge on any atom is 0.335 e. The number of hydrogen-bond acceptors (Lipinski definition) is 4. The van der Waals surface area contributed by atoms with E-state index in [4.69, 9.17) is 10.4 Å². The molecule has 0 bridgehead atoms. The number of nitriles is 1. The Bertz CT molecular complexity index is 634. The first-order valence-electron chi connectivity index (χ1n) is 4.69. The summed E-state index contributed by atoms with van der Waals surface area (Å²) in [6.07, 6.45) is 0. The summed E-state index contributed by atoms with van der Waals surface area (Å²) in [6.45, 7) is 1.20. The van der Waals surface area contributed by atoms with Crippen LogP contribution < -0.4 is 4.72 Å². The highest BCUT2D eigenvalue weighted by Gasteiger charge is 2.21. The van der Waals surface area contributed by atoms with Gasteiger partial charge >= 0.3 is 5.97 Å². The van der Waals surface area contributed by atoms with E-state index in [1.165, 1.54) is 6.07 Å². The molecular weight excluding hydrogens is 324 g/mol. The normalized spacial score (nSPS) is 10.9. The van der Waals surface area contributed by atoms with Crippen LogP contribution in [-0.2, 0) is 10.0 Å². The van der Waals surface area contributed by atoms with Gasteiger partial charge in [0.05, 0.1) is 23.1 Å². The molecule has 1 aromatic rings. The molecule has 0 aliphatic heterocycles. The van der Waals surface area contributed by atoms with Gasteiger partial charge in [0.15, 0.2) is 0 Å². The lowest BCUT2D eigenvalue weighted by Crippen LogP contribution is -2.24. The third-order valence-corrected chi connectivity index (χ3v) is 4.84. The van der Waals surface area contributed by atoms with Gasteiger partial charge < -0.3 is 5.11 Å². The van der Waals surface area contributed by atoms with Crippen LogP contribution in [0, 0.1) is 18.3 Å². The minimum atomic E-state index is -3.91. The number of sulfonamides is 1. The Hall–Kier alpha value is -1.43. The molecular formula is C10H9BrN2O4S. The molecule has 96 valence electrons. The summed E-state index contributed by atoms with van der Waals surface area (Å²) in [5.41, 5.74) is 0.347. The van der Waals surface area contributed by atoms with Crippen LogP contribution in [0.25, 0.3) is 0 Å². The SMILES string of the molecule is Cc1cc(C(=O)O)cc(S(=O)(=O)NCC#N)c1Br. The molecule has 0 atom stereocenters. The lowest BCUT2D eigenvalue weighted by atomic mass is 10.1. The molecule has 0 spiro atoms. The van der Waals surface area contributed by atoms with Crippen LogP contribution in [0.15, 0.2) is 21.5 Å². The molecule has 0 heterocycles. The summed E-state index contributed by atoms with van der Waals surface area (Å²) in [5, 5.41) is 17.2. The Kier molecular flexibility index (Phi) is 4.45. The van der Waals surface area contributed by atoms with Crippen molar-refractivity contribution >= 4 is 31.9 Å². The summed E-state index contributed by atoms with van der Waals surface area (Å²) in [4.78, 5) is 10.7. The van der Waals surface area contributed by atoms with Crippen LogP contribution in [0.4, 0.5) is 0 Å². The first-order valence-corrected chi connectivity index (χ1v) is 6.97. The van der Waals surface area contributed by atoms with Crippen molar-refractivity contribution in [1.82, 2.24) is 4.72 Å². The highest BCUT2D eigenvalue weighted by molar-refractivity contribution is 9.10. The van der Waals surface area contributed by atoms with Gasteiger partial charge in [0, 0.05) is 4.47 Å². The molecule has 1 aromatic carbocycles. The van der Waals surface area contributed by atoms with E-state index in [2.05, 4.69) is 15.9 Å². The molecule has 0 saturated carbocycles. The van der Waals surface area contributed by atoms with Gasteiger partial charge in [0.2, 0.25) is 10.0 Å². The average Bonchev–Trinajstić information content (AvgIpc) is 2.29. The van der Waals surface area contributed by atoms with E-state index in [1.807, 2.05) is 4.72 Å². The molecule has 0 aliphatic rings. The lowest BCUT2D eigenvalue weighted by molar-refractivity contribution is 0.0696. The molecule has 0 amide bonds. The van der Waals surface area contributed by atoms with Gasteiger partial charge in [-0.2, -0.15) is 9.98 Å². The molecule has 0 radical (unpaired) electrons. The molecule has 0 fully saturated rings. The van der Waals surface area contributed by atoms with Crippen LogP contribution >= 0.6 is 15.9 Å². The zero-order valence-electron chi connectivity index (χ0n) is 9.27. The number of carbonyl (C=O) groups is 1. The number of benzene rings is 1. The molecule has 0 unspecified atom stereocenters. The lowest BCUT2D eigenvalue weighted by Gasteiger charge is -2.09. The van der Waals surface area contributed by atoms with Gasteiger partial charge in [-0.05, 0) is 40.5 Å². The molecule has 1 rings (SSSR count). The fourth-order valence-corrected chi connectivity index (χ4v) is 3.22. The average molecular weight is 333 g/mol. The molecule has 0 aliphatic carbocycles. The zero-order valence-corrected chi connectivity index (χ0v) is 11.7. The Balaban J connectivity index is 3.41. The number of nitrogens with one attached hydrogen (secondary N) is 1. The van der Waals surface area contributed by atoms with E-state index in [-0.39, 0.29) is 21.5 Å². The van der Waals surface area contributed by atoms with Gasteiger partial charge in [-0.25, -0.2) is 13.2 Å². The standard InChI is InChI=1S/C10H9BrN2O4S/c1-6-4-7(10(14)15)5-8(9(6)11)18(16,17)13-3-2-12/h4-5,13H,3H2,1H3,(H,14,15). The molecule has 0 saturated heterocycles. The molecule has 2 N–H and O–H groups in total. The van der Waals surface area contributed by atoms with E-state index in [1.54, 1.807) is 13.0 Å². The second-order valence-corrected chi connectivity index (χ2v) is 5.92. The van der Waals surface area contributed by atoms with Crippen molar-refractivity contribution in [1.29, 1.82) is 5.26 Å². The second-order valence-electron chi connectivity index (χ2n) is 3.39. The number of aryl methyl sites for hydroxylation is 1. The van der Waals surface area contributed by atoms with Crippen molar-refractivity contribution in [2.24, 2.45) is 0 Å². The van der Waals surface area contributed by atoms with E-state index in [9.17, 15) is 13.2 Å². The van der Waals surface area contributed by atoms with Gasteiger partial charge in [0.1, 0.15) is 0 Å². The minimum absolute atomic E-state index is 0.131. The van der Waals surface area contributed by atoms with Crippen molar-refractivity contribution in [3.8, 4) is 6.07 Å². The van der Waals surface area contributed by atoms with Gasteiger partial charge in [-0.3, -0.25) is 0 Å². The Morgan fingerprint density at radius 1 is 1.56 bits per heavy atom. The quantitative estimate of drug-likeness (QED) is 0.807. The van der Waals surface area contributed by atoms with Crippen molar-refractivity contribution in [2.75, 3.05) is 6.54 Å². The number of rotatable bonds is 4. The predicted octanol–water partition coefficient (Wildman–Crippen LogP) is 1.26. The van der Waals surface area contributed by atoms with E-state index >= 15 is 0 Å². The fraction of sp³-hybridized carbons (Fsp3) is 0.200. The Morgan fingerprint density at radius 3 is 2.67 bits per heavy atom. The predicted molar refractivity (Wildman–Crippen MR) is 66.6 cm³/mol. The number of aromatic carboxylic acids is 1. The zero-order chi connectivity index (χ0) is 13.9. The third-order valence-electron chi connectivity index (χ3n) is 2.10. The molecule has 8 heteroatoms. The van der Waals surface area contributed by atoms with Crippen LogP contribution in [0.3, 0.4) is 0 Å². The van der Waals surface area contributed by atoms with Crippen LogP contribution in [0.2, 0.25) is 0 Å². The summed E-state index contributed by atoms with van der Waals surface area (Å²) in [6, 6.07) is 4.04. The van der Waals surface area contributed by atoms with Crippen molar-refractivity contribution in [3.63, 3.8) is 0 Å². The summed E-state index contributed by atoms with van der Waals surface area (Å²) in [5.74, 6) is -1.22. The van der Waals surface area contributed by atoms with Crippen molar-refractivity contribution in [2.45, 2.75) is 11.8 Å². The van der Waals surface area contributed by atoms with Crippen LogP contribution in [0.5, 0.6) is 0 Å². The number of carboxylic acid groups (broad SMARTS) is 1. The number of halogens is 1. The largest absolute Gasteiger partial charge is 0.478 e. The maximum atomic E-state index is 11.9. The third kappa shape index (κ3) is 3.07. The molecule has 0 aromatic heterocycles. The van der Waals surface area contributed by atoms with E-state index < -0.39 is 16.0 Å². The number of carboxylic acids is 1. The first-order chi connectivity index (χ1) is 8.29. The van der Waals surface area contributed by atoms with Crippen LogP contribution in [0.1, 0.15) is 15.9 Å². The highest BCUT2D eigenvalue weighted by Crippen LogP contribution is 2.27. The van der Waals surface area contributed by atoms with Gasteiger partial charge in [-0.15, -0.1) is 0 Å². The molecule has 18 heavy (non-hydrogen) atoms. The van der Waals surface area contributed by atoms with Gasteiger partial charge in [-0.1, -0.05) is 0 Å². The van der Waals surface area contributed by atoms with Gasteiger partial charge in [0.25, 0.3) is 0 Å². The smallest absolute Gasteiger partial charge is 0.335 e. The first kappa shape index (κ1) is 14.6.